The Balaban J connectivity index is 1.89. The van der Waals surface area contributed by atoms with Gasteiger partial charge in [-0.2, -0.15) is 5.10 Å². The van der Waals surface area contributed by atoms with Gasteiger partial charge >= 0.3 is 5.97 Å². The molecule has 0 bridgehead atoms. The predicted molar refractivity (Wildman–Crippen MR) is 143 cm³/mol. The molecule has 0 saturated carbocycles. The van der Waals surface area contributed by atoms with E-state index >= 15 is 0 Å². The van der Waals surface area contributed by atoms with Gasteiger partial charge in [-0.1, -0.05) is 38.1 Å². The van der Waals surface area contributed by atoms with Crippen LogP contribution in [0.4, 0.5) is 4.39 Å². The lowest BCUT2D eigenvalue weighted by atomic mass is 9.95. The maximum Gasteiger partial charge on any atom is 0.305 e. The average molecular weight is 542 g/mol. The summed E-state index contributed by atoms with van der Waals surface area (Å²) in [6.07, 6.45) is -2.19. The first-order valence-electron chi connectivity index (χ1n) is 12.9. The van der Waals surface area contributed by atoms with E-state index in [9.17, 15) is 24.2 Å². The SMILES string of the molecule is COCc1cccc(CNC(=O)c2nn(-c3ccc(F)cc3)c(CC[C@@H](O)C[C@@H](O)CC(=O)O)c2C(C)C)c1. The van der Waals surface area contributed by atoms with Crippen LogP contribution in [0.3, 0.4) is 0 Å². The lowest BCUT2D eigenvalue weighted by Crippen LogP contribution is -2.25. The Hall–Kier alpha value is -3.60. The molecule has 2 atom stereocenters. The Labute approximate surface area is 227 Å². The number of carbonyl (C=O) groups excluding carboxylic acids is 1. The quantitative estimate of drug-likeness (QED) is 0.244. The van der Waals surface area contributed by atoms with E-state index in [0.29, 0.717) is 30.0 Å². The highest BCUT2D eigenvalue weighted by atomic mass is 19.1. The molecule has 2 aromatic carbocycles. The molecule has 0 unspecified atom stereocenters. The lowest BCUT2D eigenvalue weighted by molar-refractivity contribution is -0.139. The predicted octanol–water partition coefficient (Wildman–Crippen LogP) is 3.73. The minimum Gasteiger partial charge on any atom is -0.481 e. The Bertz CT molecular complexity index is 1260. The number of hydrogen-bond donors (Lipinski definition) is 4. The summed E-state index contributed by atoms with van der Waals surface area (Å²) >= 11 is 0. The number of carbonyl (C=O) groups is 2. The smallest absolute Gasteiger partial charge is 0.305 e. The summed E-state index contributed by atoms with van der Waals surface area (Å²) in [7, 11) is 1.62. The third-order valence-electron chi connectivity index (χ3n) is 6.31. The number of benzene rings is 2. The normalized spacial score (nSPS) is 12.9. The van der Waals surface area contributed by atoms with E-state index in [2.05, 4.69) is 10.4 Å². The summed E-state index contributed by atoms with van der Waals surface area (Å²) in [6.45, 7) is 4.62. The highest BCUT2D eigenvalue weighted by Gasteiger charge is 2.26. The molecule has 3 aromatic rings. The van der Waals surface area contributed by atoms with Gasteiger partial charge in [-0.15, -0.1) is 0 Å². The molecule has 3 rings (SSSR count). The van der Waals surface area contributed by atoms with Crippen molar-refractivity contribution in [2.45, 2.75) is 70.8 Å². The monoisotopic (exact) mass is 541 g/mol. The Morgan fingerprint density at radius 1 is 1.08 bits per heavy atom. The largest absolute Gasteiger partial charge is 0.481 e. The van der Waals surface area contributed by atoms with Crippen molar-refractivity contribution in [1.29, 1.82) is 0 Å². The summed E-state index contributed by atoms with van der Waals surface area (Å²) < 4.78 is 20.4. The van der Waals surface area contributed by atoms with Crippen LogP contribution >= 0.6 is 0 Å². The van der Waals surface area contributed by atoms with Gasteiger partial charge in [0.25, 0.3) is 5.91 Å². The van der Waals surface area contributed by atoms with E-state index in [4.69, 9.17) is 9.84 Å². The second-order valence-corrected chi connectivity index (χ2v) is 9.87. The molecule has 0 aliphatic rings. The first-order valence-corrected chi connectivity index (χ1v) is 12.9. The molecule has 1 amide bonds. The van der Waals surface area contributed by atoms with E-state index in [0.717, 1.165) is 11.1 Å². The molecule has 0 fully saturated rings. The number of methoxy groups -OCH3 is 1. The molecule has 9 nitrogen and oxygen atoms in total. The zero-order valence-corrected chi connectivity index (χ0v) is 22.4. The van der Waals surface area contributed by atoms with Crippen molar-refractivity contribution >= 4 is 11.9 Å². The molecule has 210 valence electrons. The molecule has 4 N–H and O–H groups in total. The summed E-state index contributed by atoms with van der Waals surface area (Å²) in [6, 6.07) is 13.4. The van der Waals surface area contributed by atoms with Gasteiger partial charge in [0.1, 0.15) is 5.82 Å². The number of carboxylic acids is 1. The van der Waals surface area contributed by atoms with Gasteiger partial charge in [0.15, 0.2) is 5.69 Å². The number of nitrogens with one attached hydrogen (secondary N) is 1. The van der Waals surface area contributed by atoms with Crippen LogP contribution in [0, 0.1) is 5.82 Å². The van der Waals surface area contributed by atoms with Gasteiger partial charge in [-0.05, 0) is 60.6 Å². The highest BCUT2D eigenvalue weighted by molar-refractivity contribution is 5.94. The van der Waals surface area contributed by atoms with Crippen molar-refractivity contribution < 1.29 is 34.0 Å². The molecule has 0 saturated heterocycles. The minimum atomic E-state index is -1.17. The van der Waals surface area contributed by atoms with Gasteiger partial charge < -0.3 is 25.4 Å². The zero-order chi connectivity index (χ0) is 28.5. The maximum atomic E-state index is 13.6. The van der Waals surface area contributed by atoms with Crippen LogP contribution in [-0.4, -0.2) is 56.3 Å². The number of aliphatic hydroxyl groups excluding tert-OH is 2. The highest BCUT2D eigenvalue weighted by Crippen LogP contribution is 2.28. The number of amides is 1. The number of ether oxygens (including phenoxy) is 1. The first-order chi connectivity index (χ1) is 18.6. The van der Waals surface area contributed by atoms with Crippen molar-refractivity contribution in [3.8, 4) is 5.69 Å². The zero-order valence-electron chi connectivity index (χ0n) is 22.4. The topological polar surface area (TPSA) is 134 Å². The number of rotatable bonds is 14. The maximum absolute atomic E-state index is 13.6. The van der Waals surface area contributed by atoms with E-state index in [-0.39, 0.29) is 36.9 Å². The van der Waals surface area contributed by atoms with Gasteiger partial charge in [0, 0.05) is 24.9 Å². The summed E-state index contributed by atoms with van der Waals surface area (Å²) in [4.78, 5) is 24.2. The summed E-state index contributed by atoms with van der Waals surface area (Å²) in [5.41, 5.74) is 4.06. The third kappa shape index (κ3) is 8.44. The fourth-order valence-corrected chi connectivity index (χ4v) is 4.56. The third-order valence-corrected chi connectivity index (χ3v) is 6.31. The number of halogens is 1. The van der Waals surface area contributed by atoms with Gasteiger partial charge in [0.2, 0.25) is 0 Å². The number of aliphatic hydroxyl groups is 2. The molecular weight excluding hydrogens is 505 g/mol. The van der Waals surface area contributed by atoms with E-state index in [1.807, 2.05) is 38.1 Å². The Kier molecular flexibility index (Phi) is 10.7. The number of aromatic nitrogens is 2. The summed E-state index contributed by atoms with van der Waals surface area (Å²) in [5.74, 6) is -2.02. The molecular formula is C29H36FN3O6. The van der Waals surface area contributed by atoms with Crippen molar-refractivity contribution in [2.75, 3.05) is 7.11 Å². The number of nitrogens with zero attached hydrogens (tertiary/aromatic N) is 2. The van der Waals surface area contributed by atoms with Crippen LogP contribution in [0.2, 0.25) is 0 Å². The number of hydrogen-bond acceptors (Lipinski definition) is 6. The molecule has 10 heteroatoms. The van der Waals surface area contributed by atoms with E-state index in [1.165, 1.54) is 12.1 Å². The number of carboxylic acid groups (broad SMARTS) is 1. The molecule has 0 aliphatic heterocycles. The van der Waals surface area contributed by atoms with Crippen LogP contribution in [-0.2, 0) is 29.1 Å². The van der Waals surface area contributed by atoms with Crippen LogP contribution in [0.15, 0.2) is 48.5 Å². The molecule has 0 radical (unpaired) electrons. The molecule has 1 aromatic heterocycles. The van der Waals surface area contributed by atoms with Crippen molar-refractivity contribution in [3.63, 3.8) is 0 Å². The molecule has 1 heterocycles. The second kappa shape index (κ2) is 14.0. The van der Waals surface area contributed by atoms with Gasteiger partial charge in [-0.25, -0.2) is 9.07 Å². The Morgan fingerprint density at radius 2 is 1.77 bits per heavy atom. The van der Waals surface area contributed by atoms with Crippen LogP contribution in [0.5, 0.6) is 0 Å². The number of aliphatic carboxylic acids is 1. The lowest BCUT2D eigenvalue weighted by Gasteiger charge is -2.16. The van der Waals surface area contributed by atoms with Crippen LogP contribution < -0.4 is 5.32 Å². The average Bonchev–Trinajstić information content (AvgIpc) is 3.26. The molecule has 39 heavy (non-hydrogen) atoms. The van der Waals surface area contributed by atoms with Crippen molar-refractivity contribution in [3.05, 3.63) is 82.4 Å². The van der Waals surface area contributed by atoms with E-state index < -0.39 is 30.4 Å². The van der Waals surface area contributed by atoms with Crippen LogP contribution in [0.1, 0.15) is 71.9 Å². The second-order valence-electron chi connectivity index (χ2n) is 9.87. The van der Waals surface area contributed by atoms with Gasteiger partial charge in [0.05, 0.1) is 30.9 Å². The standard InChI is InChI=1S/C29H36FN3O6/c1-18(2)27-25(12-11-23(34)14-24(35)15-26(36)37)33(22-9-7-21(30)8-10-22)32-28(27)29(38)31-16-19-5-4-6-20(13-19)17-39-3/h4-10,13,18,23-24,34-35H,11-12,14-17H2,1-3H3,(H,31,38)(H,36,37)/t23-,24-/m1/s1. The fourth-order valence-electron chi connectivity index (χ4n) is 4.56. The van der Waals surface area contributed by atoms with E-state index in [1.54, 1.807) is 23.9 Å². The Morgan fingerprint density at radius 3 is 2.41 bits per heavy atom. The molecule has 0 aliphatic carbocycles. The van der Waals surface area contributed by atoms with Crippen LogP contribution in [0.25, 0.3) is 5.69 Å². The fraction of sp³-hybridized carbons (Fsp3) is 0.414. The first kappa shape index (κ1) is 29.9. The summed E-state index contributed by atoms with van der Waals surface area (Å²) in [5, 5.41) is 36.8. The molecule has 0 spiro atoms. The van der Waals surface area contributed by atoms with Gasteiger partial charge in [-0.3, -0.25) is 9.59 Å². The van der Waals surface area contributed by atoms with Crippen molar-refractivity contribution in [2.24, 2.45) is 0 Å². The van der Waals surface area contributed by atoms with Crippen molar-refractivity contribution in [1.82, 2.24) is 15.1 Å². The minimum absolute atomic E-state index is 0.0938.